The van der Waals surface area contributed by atoms with E-state index in [0.29, 0.717) is 18.4 Å². The molecule has 7 heteroatoms. The van der Waals surface area contributed by atoms with Gasteiger partial charge in [-0.05, 0) is 24.1 Å². The van der Waals surface area contributed by atoms with Crippen LogP contribution in [-0.2, 0) is 12.5 Å². The average molecular weight is 334 g/mol. The molecule has 0 unspecified atom stereocenters. The van der Waals surface area contributed by atoms with E-state index in [1.54, 1.807) is 0 Å². The van der Waals surface area contributed by atoms with E-state index in [9.17, 15) is 26.3 Å². The maximum Gasteiger partial charge on any atom is 0.429 e. The van der Waals surface area contributed by atoms with Crippen LogP contribution < -0.4 is 4.74 Å². The van der Waals surface area contributed by atoms with Crippen LogP contribution in [0.25, 0.3) is 0 Å². The molecule has 0 radical (unpaired) electrons. The van der Waals surface area contributed by atoms with Crippen molar-refractivity contribution in [3.05, 3.63) is 64.7 Å². The van der Waals surface area contributed by atoms with E-state index in [-0.39, 0.29) is 12.1 Å². The first kappa shape index (κ1) is 17.2. The Labute approximate surface area is 128 Å². The lowest BCUT2D eigenvalue weighted by molar-refractivity contribution is -0.187. The van der Waals surface area contributed by atoms with Crippen molar-refractivity contribution in [1.82, 2.24) is 0 Å². The number of aryl methyl sites for hydroxylation is 1. The number of rotatable bonds is 5. The van der Waals surface area contributed by atoms with E-state index >= 15 is 0 Å². The summed E-state index contributed by atoms with van der Waals surface area (Å²) >= 11 is 0. The van der Waals surface area contributed by atoms with Gasteiger partial charge in [0.15, 0.2) is 17.5 Å². The molecule has 0 amide bonds. The standard InChI is InChI=1S/C16H12F6O/c1-2-3-9-4-5-11(12(17)6-9)16(21,22)23-10-7-13(18)15(20)14(19)8-10/h4-8H,2-3H2,1H3. The van der Waals surface area contributed by atoms with Crippen molar-refractivity contribution in [2.24, 2.45) is 0 Å². The van der Waals surface area contributed by atoms with Crippen LogP contribution in [-0.4, -0.2) is 0 Å². The third-order valence-electron chi connectivity index (χ3n) is 3.09. The predicted molar refractivity (Wildman–Crippen MR) is 71.2 cm³/mol. The minimum atomic E-state index is -4.18. The van der Waals surface area contributed by atoms with E-state index in [1.807, 2.05) is 6.92 Å². The van der Waals surface area contributed by atoms with E-state index < -0.39 is 40.7 Å². The van der Waals surface area contributed by atoms with Gasteiger partial charge in [-0.1, -0.05) is 19.4 Å². The van der Waals surface area contributed by atoms with Gasteiger partial charge in [0.2, 0.25) is 0 Å². The van der Waals surface area contributed by atoms with Crippen molar-refractivity contribution in [3.63, 3.8) is 0 Å². The van der Waals surface area contributed by atoms with Crippen LogP contribution in [0.1, 0.15) is 24.5 Å². The summed E-state index contributed by atoms with van der Waals surface area (Å²) in [5, 5.41) is 0. The van der Waals surface area contributed by atoms with Crippen molar-refractivity contribution >= 4 is 0 Å². The summed E-state index contributed by atoms with van der Waals surface area (Å²) in [7, 11) is 0. The highest BCUT2D eigenvalue weighted by Gasteiger charge is 2.38. The first-order valence-electron chi connectivity index (χ1n) is 6.75. The quantitative estimate of drug-likeness (QED) is 0.531. The second kappa shape index (κ2) is 6.52. The molecule has 23 heavy (non-hydrogen) atoms. The maximum absolute atomic E-state index is 14.0. The summed E-state index contributed by atoms with van der Waals surface area (Å²) in [5.41, 5.74) is -0.550. The van der Waals surface area contributed by atoms with Crippen molar-refractivity contribution in [2.45, 2.75) is 25.9 Å². The Bertz CT molecular complexity index is 691. The third kappa shape index (κ3) is 3.78. The van der Waals surface area contributed by atoms with Crippen molar-refractivity contribution in [3.8, 4) is 5.75 Å². The molecular weight excluding hydrogens is 322 g/mol. The molecular formula is C16H12F6O. The van der Waals surface area contributed by atoms with Crippen LogP contribution in [0.5, 0.6) is 5.75 Å². The summed E-state index contributed by atoms with van der Waals surface area (Å²) in [5.74, 6) is -7.34. The highest BCUT2D eigenvalue weighted by molar-refractivity contribution is 5.30. The molecule has 0 spiro atoms. The Morgan fingerprint density at radius 1 is 0.913 bits per heavy atom. The lowest BCUT2D eigenvalue weighted by Crippen LogP contribution is -2.23. The van der Waals surface area contributed by atoms with E-state index in [4.69, 9.17) is 0 Å². The van der Waals surface area contributed by atoms with Crippen molar-refractivity contribution < 1.29 is 31.1 Å². The predicted octanol–water partition coefficient (Wildman–Crippen LogP) is 5.32. The zero-order chi connectivity index (χ0) is 17.2. The maximum atomic E-state index is 14.0. The van der Waals surface area contributed by atoms with Gasteiger partial charge in [-0.25, -0.2) is 17.6 Å². The summed E-state index contributed by atoms with van der Waals surface area (Å²) in [6, 6.07) is 3.62. The summed E-state index contributed by atoms with van der Waals surface area (Å²) < 4.78 is 84.8. The number of ether oxygens (including phenoxy) is 1. The van der Waals surface area contributed by atoms with Gasteiger partial charge in [-0.15, -0.1) is 0 Å². The fraction of sp³-hybridized carbons (Fsp3) is 0.250. The van der Waals surface area contributed by atoms with Crippen LogP contribution in [0.3, 0.4) is 0 Å². The Morgan fingerprint density at radius 2 is 1.52 bits per heavy atom. The number of hydrogen-bond donors (Lipinski definition) is 0. The second-order valence-corrected chi connectivity index (χ2v) is 4.88. The molecule has 1 nitrogen and oxygen atoms in total. The topological polar surface area (TPSA) is 9.23 Å². The van der Waals surface area contributed by atoms with Crippen LogP contribution in [0.4, 0.5) is 26.3 Å². The highest BCUT2D eigenvalue weighted by Crippen LogP contribution is 2.34. The lowest BCUT2D eigenvalue weighted by Gasteiger charge is -2.19. The molecule has 124 valence electrons. The van der Waals surface area contributed by atoms with Gasteiger partial charge in [0.1, 0.15) is 11.6 Å². The van der Waals surface area contributed by atoms with Crippen LogP contribution in [0.2, 0.25) is 0 Å². The monoisotopic (exact) mass is 334 g/mol. The molecule has 0 aliphatic rings. The van der Waals surface area contributed by atoms with Crippen LogP contribution in [0, 0.1) is 23.3 Å². The van der Waals surface area contributed by atoms with Gasteiger partial charge in [0.05, 0.1) is 5.56 Å². The highest BCUT2D eigenvalue weighted by atomic mass is 19.3. The zero-order valence-corrected chi connectivity index (χ0v) is 12.0. The van der Waals surface area contributed by atoms with Gasteiger partial charge in [-0.2, -0.15) is 8.78 Å². The van der Waals surface area contributed by atoms with Crippen LogP contribution in [0.15, 0.2) is 30.3 Å². The fourth-order valence-corrected chi connectivity index (χ4v) is 2.03. The molecule has 0 fully saturated rings. The second-order valence-electron chi connectivity index (χ2n) is 4.88. The molecule has 0 aliphatic carbocycles. The van der Waals surface area contributed by atoms with Gasteiger partial charge >= 0.3 is 6.11 Å². The van der Waals surface area contributed by atoms with E-state index in [1.165, 1.54) is 6.07 Å². The van der Waals surface area contributed by atoms with Gasteiger partial charge in [-0.3, -0.25) is 0 Å². The zero-order valence-electron chi connectivity index (χ0n) is 12.0. The number of benzene rings is 2. The molecule has 0 saturated heterocycles. The fourth-order valence-electron chi connectivity index (χ4n) is 2.03. The van der Waals surface area contributed by atoms with E-state index in [0.717, 1.165) is 12.1 Å². The van der Waals surface area contributed by atoms with Gasteiger partial charge in [0.25, 0.3) is 0 Å². The smallest absolute Gasteiger partial charge is 0.429 e. The molecule has 0 atom stereocenters. The molecule has 2 aromatic carbocycles. The summed E-state index contributed by atoms with van der Waals surface area (Å²) in [6.45, 7) is 1.85. The Kier molecular flexibility index (Phi) is 4.87. The first-order chi connectivity index (χ1) is 10.7. The largest absolute Gasteiger partial charge is 0.429 e. The van der Waals surface area contributed by atoms with Crippen molar-refractivity contribution in [2.75, 3.05) is 0 Å². The molecule has 2 rings (SSSR count). The molecule has 2 aromatic rings. The molecule has 0 aliphatic heterocycles. The summed E-state index contributed by atoms with van der Waals surface area (Å²) in [4.78, 5) is 0. The molecule has 0 saturated carbocycles. The first-order valence-corrected chi connectivity index (χ1v) is 6.75. The Hall–Kier alpha value is -2.18. The van der Waals surface area contributed by atoms with Crippen molar-refractivity contribution in [1.29, 1.82) is 0 Å². The van der Waals surface area contributed by atoms with Gasteiger partial charge in [0, 0.05) is 12.1 Å². The number of halogens is 6. The van der Waals surface area contributed by atoms with E-state index in [2.05, 4.69) is 4.74 Å². The van der Waals surface area contributed by atoms with Gasteiger partial charge < -0.3 is 4.74 Å². The molecule has 0 bridgehead atoms. The number of alkyl halides is 2. The Balaban J connectivity index is 2.31. The molecule has 0 aromatic heterocycles. The SMILES string of the molecule is CCCc1ccc(C(F)(F)Oc2cc(F)c(F)c(F)c2)c(F)c1. The average Bonchev–Trinajstić information content (AvgIpc) is 2.44. The minimum Gasteiger partial charge on any atom is -0.429 e. The number of hydrogen-bond acceptors (Lipinski definition) is 1. The third-order valence-corrected chi connectivity index (χ3v) is 3.09. The van der Waals surface area contributed by atoms with Crippen LogP contribution >= 0.6 is 0 Å². The lowest BCUT2D eigenvalue weighted by atomic mass is 10.1. The molecule has 0 N–H and O–H groups in total. The normalized spacial score (nSPS) is 11.6. The molecule has 0 heterocycles. The summed E-state index contributed by atoms with van der Waals surface area (Å²) in [6.07, 6.45) is -2.95. The minimum absolute atomic E-state index is 0.260. The Morgan fingerprint density at radius 3 is 2.04 bits per heavy atom.